The Hall–Kier alpha value is -0.720. The number of nitrogens with zero attached hydrogens (tertiary/aromatic N) is 1. The number of rotatable bonds is 5. The Balaban J connectivity index is 1.52. The van der Waals surface area contributed by atoms with E-state index in [0.717, 1.165) is 23.3 Å². The third-order valence-electron chi connectivity index (χ3n) is 3.88. The van der Waals surface area contributed by atoms with Gasteiger partial charge in [-0.15, -0.1) is 0 Å². The highest BCUT2D eigenvalue weighted by atomic mass is 79.9. The van der Waals surface area contributed by atoms with Crippen molar-refractivity contribution in [2.45, 2.75) is 30.2 Å². The molecule has 1 aliphatic rings. The van der Waals surface area contributed by atoms with E-state index in [1.165, 1.54) is 23.3 Å². The first-order valence-electron chi connectivity index (χ1n) is 7.63. The van der Waals surface area contributed by atoms with Crippen LogP contribution in [-0.4, -0.2) is 16.0 Å². The zero-order valence-electron chi connectivity index (χ0n) is 12.6. The normalized spacial score (nSPS) is 14.5. The second kappa shape index (κ2) is 6.89. The number of imidazole rings is 1. The van der Waals surface area contributed by atoms with E-state index in [4.69, 9.17) is 23.2 Å². The monoisotopic (exact) mass is 441 g/mol. The molecule has 0 aliphatic heterocycles. The Morgan fingerprint density at radius 1 is 1.25 bits per heavy atom. The first-order chi connectivity index (χ1) is 11.6. The summed E-state index contributed by atoms with van der Waals surface area (Å²) in [6.07, 6.45) is 3.31. The van der Waals surface area contributed by atoms with E-state index in [1.807, 2.05) is 6.07 Å². The van der Waals surface area contributed by atoms with Gasteiger partial charge in [0, 0.05) is 17.4 Å². The average Bonchev–Trinajstić information content (AvgIpc) is 3.32. The van der Waals surface area contributed by atoms with E-state index >= 15 is 0 Å². The minimum atomic E-state index is 0.540. The Kier molecular flexibility index (Phi) is 4.80. The van der Waals surface area contributed by atoms with Crippen molar-refractivity contribution < 1.29 is 0 Å². The van der Waals surface area contributed by atoms with Gasteiger partial charge in [0.05, 0.1) is 20.0 Å². The van der Waals surface area contributed by atoms with Crippen molar-refractivity contribution in [2.24, 2.45) is 0 Å². The second-order valence-corrected chi connectivity index (χ2v) is 8.37. The van der Waals surface area contributed by atoms with Gasteiger partial charge >= 0.3 is 0 Å². The van der Waals surface area contributed by atoms with Crippen molar-refractivity contribution in [3.8, 4) is 0 Å². The standard InChI is InChI=1S/C17H14BrCl2N3S/c18-15-12(19)8-13-17(16(15)20)22-14(21-13)7-9-1-5-11(6-2-9)24-23-10-3-4-10/h1-2,5-6,8,10,23H,3-4,7H2,(H,21,22). The number of nitrogens with one attached hydrogen (secondary N) is 2. The molecule has 0 atom stereocenters. The van der Waals surface area contributed by atoms with Crippen molar-refractivity contribution in [3.05, 3.63) is 56.2 Å². The molecule has 1 heterocycles. The van der Waals surface area contributed by atoms with Crippen molar-refractivity contribution >= 4 is 62.1 Å². The highest BCUT2D eigenvalue weighted by molar-refractivity contribution is 9.10. The Morgan fingerprint density at radius 2 is 2.00 bits per heavy atom. The van der Waals surface area contributed by atoms with Crippen LogP contribution in [0.4, 0.5) is 0 Å². The molecule has 0 unspecified atom stereocenters. The second-order valence-electron chi connectivity index (χ2n) is 5.88. The number of benzene rings is 2. The van der Waals surface area contributed by atoms with Crippen LogP contribution in [0, 0.1) is 0 Å². The van der Waals surface area contributed by atoms with Crippen LogP contribution in [0.3, 0.4) is 0 Å². The number of aromatic nitrogens is 2. The number of H-pyrrole nitrogens is 1. The molecule has 0 bridgehead atoms. The van der Waals surface area contributed by atoms with Crippen molar-refractivity contribution in [3.63, 3.8) is 0 Å². The molecule has 0 amide bonds. The van der Waals surface area contributed by atoms with E-state index in [2.05, 4.69) is 54.9 Å². The lowest BCUT2D eigenvalue weighted by Crippen LogP contribution is -2.04. The van der Waals surface area contributed by atoms with Gasteiger partial charge < -0.3 is 4.98 Å². The number of halogens is 3. The predicted octanol–water partition coefficient (Wildman–Crippen LogP) is 5.98. The molecular weight excluding hydrogens is 429 g/mol. The van der Waals surface area contributed by atoms with Crippen LogP contribution >= 0.6 is 51.1 Å². The lowest BCUT2D eigenvalue weighted by Gasteiger charge is -2.03. The summed E-state index contributed by atoms with van der Waals surface area (Å²) < 4.78 is 4.12. The number of fused-ring (bicyclic) bond motifs is 1. The summed E-state index contributed by atoms with van der Waals surface area (Å²) in [5.74, 6) is 0.873. The van der Waals surface area contributed by atoms with E-state index in [1.54, 1.807) is 11.9 Å². The summed E-state index contributed by atoms with van der Waals surface area (Å²) >= 11 is 17.6. The molecule has 24 heavy (non-hydrogen) atoms. The van der Waals surface area contributed by atoms with E-state index in [0.29, 0.717) is 20.6 Å². The third-order valence-corrected chi connectivity index (χ3v) is 6.78. The molecule has 2 aromatic carbocycles. The minimum Gasteiger partial charge on any atom is -0.342 e. The predicted molar refractivity (Wildman–Crippen MR) is 105 cm³/mol. The van der Waals surface area contributed by atoms with Crippen LogP contribution in [-0.2, 0) is 6.42 Å². The molecule has 0 spiro atoms. The maximum absolute atomic E-state index is 6.31. The van der Waals surface area contributed by atoms with Gasteiger partial charge in [0.25, 0.3) is 0 Å². The van der Waals surface area contributed by atoms with Crippen LogP contribution in [0.15, 0.2) is 39.7 Å². The van der Waals surface area contributed by atoms with E-state index in [-0.39, 0.29) is 0 Å². The van der Waals surface area contributed by atoms with Crippen molar-refractivity contribution in [1.29, 1.82) is 0 Å². The molecule has 7 heteroatoms. The fourth-order valence-electron chi connectivity index (χ4n) is 2.41. The Labute approximate surface area is 162 Å². The molecular formula is C17H14BrCl2N3S. The lowest BCUT2D eigenvalue weighted by atomic mass is 10.1. The zero-order valence-corrected chi connectivity index (χ0v) is 16.5. The minimum absolute atomic E-state index is 0.540. The van der Waals surface area contributed by atoms with E-state index < -0.39 is 0 Å². The molecule has 124 valence electrons. The van der Waals surface area contributed by atoms with Gasteiger partial charge in [0.1, 0.15) is 11.3 Å². The number of hydrogen-bond acceptors (Lipinski definition) is 3. The fourth-order valence-corrected chi connectivity index (χ4v) is 4.02. The summed E-state index contributed by atoms with van der Waals surface area (Å²) in [6, 6.07) is 11.1. The molecule has 1 aliphatic carbocycles. The average molecular weight is 443 g/mol. The van der Waals surface area contributed by atoms with Gasteiger partial charge in [0.2, 0.25) is 0 Å². The zero-order chi connectivity index (χ0) is 16.7. The van der Waals surface area contributed by atoms with Crippen molar-refractivity contribution in [2.75, 3.05) is 0 Å². The largest absolute Gasteiger partial charge is 0.342 e. The summed E-state index contributed by atoms with van der Waals surface area (Å²) in [4.78, 5) is 9.13. The van der Waals surface area contributed by atoms with Gasteiger partial charge in [0.15, 0.2) is 0 Å². The Morgan fingerprint density at radius 3 is 2.71 bits per heavy atom. The number of hydrogen-bond donors (Lipinski definition) is 2. The molecule has 3 nitrogen and oxygen atoms in total. The van der Waals surface area contributed by atoms with Gasteiger partial charge in [-0.1, -0.05) is 35.3 Å². The first kappa shape index (κ1) is 16.7. The van der Waals surface area contributed by atoms with Gasteiger partial charge in [-0.2, -0.15) is 0 Å². The lowest BCUT2D eigenvalue weighted by molar-refractivity contribution is 0.969. The van der Waals surface area contributed by atoms with Crippen LogP contribution in [0.1, 0.15) is 24.2 Å². The highest BCUT2D eigenvalue weighted by Gasteiger charge is 2.20. The molecule has 1 fully saturated rings. The quantitative estimate of drug-likeness (QED) is 0.377. The molecule has 4 rings (SSSR count). The maximum Gasteiger partial charge on any atom is 0.111 e. The molecule has 0 saturated heterocycles. The van der Waals surface area contributed by atoms with Gasteiger partial charge in [-0.05, 0) is 64.5 Å². The summed E-state index contributed by atoms with van der Waals surface area (Å²) in [7, 11) is 0. The topological polar surface area (TPSA) is 40.7 Å². The summed E-state index contributed by atoms with van der Waals surface area (Å²) in [5, 5.41) is 1.12. The Bertz CT molecular complexity index is 891. The van der Waals surface area contributed by atoms with Gasteiger partial charge in [-0.25, -0.2) is 4.98 Å². The first-order valence-corrected chi connectivity index (χ1v) is 10.00. The summed E-state index contributed by atoms with van der Waals surface area (Å²) in [6.45, 7) is 0. The molecule has 3 aromatic rings. The van der Waals surface area contributed by atoms with Gasteiger partial charge in [-0.3, -0.25) is 4.72 Å². The van der Waals surface area contributed by atoms with Crippen molar-refractivity contribution in [1.82, 2.24) is 14.7 Å². The van der Waals surface area contributed by atoms with Crippen LogP contribution in [0.5, 0.6) is 0 Å². The smallest absolute Gasteiger partial charge is 0.111 e. The molecule has 1 saturated carbocycles. The number of aromatic amines is 1. The highest BCUT2D eigenvalue weighted by Crippen LogP contribution is 2.36. The van der Waals surface area contributed by atoms with Crippen LogP contribution < -0.4 is 4.72 Å². The molecule has 1 aromatic heterocycles. The molecule has 0 radical (unpaired) electrons. The van der Waals surface area contributed by atoms with E-state index in [9.17, 15) is 0 Å². The maximum atomic E-state index is 6.31. The van der Waals surface area contributed by atoms with Crippen LogP contribution in [0.25, 0.3) is 11.0 Å². The SMILES string of the molecule is Clc1cc2[nH]c(Cc3ccc(SNC4CC4)cc3)nc2c(Cl)c1Br. The fraction of sp³-hybridized carbons (Fsp3) is 0.235. The molecule has 2 N–H and O–H groups in total. The van der Waals surface area contributed by atoms with Crippen LogP contribution in [0.2, 0.25) is 10.0 Å². The third kappa shape index (κ3) is 3.60. The summed E-state index contributed by atoms with van der Waals surface area (Å²) in [5.41, 5.74) is 2.79.